The maximum atomic E-state index is 13.0. The summed E-state index contributed by atoms with van der Waals surface area (Å²) in [4.78, 5) is 31.0. The van der Waals surface area contributed by atoms with E-state index in [-0.39, 0.29) is 17.0 Å². The lowest BCUT2D eigenvalue weighted by molar-refractivity contribution is -0.121. The standard InChI is InChI=1S/C22H16N4O4S2/c23-13-15-6-11-18(14-4-2-1-3-5-14)25-21(15)31-19-12-20(27)26(22(19)28)16-7-9-17(10-8-16)32(24,29)30/h1-11,19H,12H2,(H2,24,29,30). The number of carbonyl (C=O) groups excluding carboxylic acids is 2. The molecule has 1 unspecified atom stereocenters. The van der Waals surface area contributed by atoms with Gasteiger partial charge in [0.15, 0.2) is 0 Å². The topological polar surface area (TPSA) is 134 Å². The van der Waals surface area contributed by atoms with Crippen LogP contribution in [0.2, 0.25) is 0 Å². The number of nitrogens with zero attached hydrogens (tertiary/aromatic N) is 3. The number of hydrogen-bond donors (Lipinski definition) is 1. The van der Waals surface area contributed by atoms with E-state index < -0.39 is 27.1 Å². The highest BCUT2D eigenvalue weighted by Gasteiger charge is 2.40. The van der Waals surface area contributed by atoms with Crippen molar-refractivity contribution in [2.75, 3.05) is 4.90 Å². The summed E-state index contributed by atoms with van der Waals surface area (Å²) >= 11 is 1.07. The number of primary sulfonamides is 1. The van der Waals surface area contributed by atoms with Crippen LogP contribution in [0, 0.1) is 11.3 Å². The number of hydrogen-bond acceptors (Lipinski definition) is 7. The van der Waals surface area contributed by atoms with Crippen molar-refractivity contribution in [2.24, 2.45) is 5.14 Å². The Balaban J connectivity index is 1.60. The lowest BCUT2D eigenvalue weighted by atomic mass is 10.1. The van der Waals surface area contributed by atoms with Gasteiger partial charge in [-0.25, -0.2) is 23.4 Å². The van der Waals surface area contributed by atoms with Crippen LogP contribution in [0.5, 0.6) is 0 Å². The summed E-state index contributed by atoms with van der Waals surface area (Å²) in [6, 6.07) is 20.1. The summed E-state index contributed by atoms with van der Waals surface area (Å²) in [7, 11) is -3.89. The Labute approximate surface area is 188 Å². The minimum Gasteiger partial charge on any atom is -0.274 e. The third-order valence-corrected chi connectivity index (χ3v) is 6.95. The Morgan fingerprint density at radius 2 is 1.72 bits per heavy atom. The fraction of sp³-hybridized carbons (Fsp3) is 0.0909. The molecule has 0 spiro atoms. The predicted octanol–water partition coefficient (Wildman–Crippen LogP) is 2.69. The van der Waals surface area contributed by atoms with Gasteiger partial charge >= 0.3 is 0 Å². The number of aromatic nitrogens is 1. The predicted molar refractivity (Wildman–Crippen MR) is 119 cm³/mol. The molecule has 0 bridgehead atoms. The minimum atomic E-state index is -3.89. The number of nitrogens with two attached hydrogens (primary N) is 1. The van der Waals surface area contributed by atoms with E-state index >= 15 is 0 Å². The molecule has 1 aliphatic rings. The quantitative estimate of drug-likeness (QED) is 0.574. The second kappa shape index (κ2) is 8.55. The highest BCUT2D eigenvalue weighted by molar-refractivity contribution is 8.00. The van der Waals surface area contributed by atoms with E-state index in [9.17, 15) is 23.3 Å². The van der Waals surface area contributed by atoms with Crippen LogP contribution in [-0.2, 0) is 19.6 Å². The Morgan fingerprint density at radius 1 is 1.03 bits per heavy atom. The number of anilines is 1. The van der Waals surface area contributed by atoms with E-state index in [0.29, 0.717) is 16.3 Å². The average Bonchev–Trinajstić information content (AvgIpc) is 3.06. The first kappa shape index (κ1) is 21.7. The number of thioether (sulfide) groups is 1. The first-order valence-electron chi connectivity index (χ1n) is 9.41. The second-order valence-electron chi connectivity index (χ2n) is 6.94. The molecule has 32 heavy (non-hydrogen) atoms. The van der Waals surface area contributed by atoms with Crippen molar-refractivity contribution in [2.45, 2.75) is 21.6 Å². The number of amides is 2. The molecule has 4 rings (SSSR count). The van der Waals surface area contributed by atoms with Crippen LogP contribution in [0.4, 0.5) is 5.69 Å². The van der Waals surface area contributed by atoms with Gasteiger partial charge in [-0.15, -0.1) is 0 Å². The molecule has 3 aromatic rings. The molecule has 2 heterocycles. The van der Waals surface area contributed by atoms with E-state index in [2.05, 4.69) is 11.1 Å². The zero-order valence-electron chi connectivity index (χ0n) is 16.5. The summed E-state index contributed by atoms with van der Waals surface area (Å²) in [5.74, 6) is -0.882. The molecule has 1 saturated heterocycles. The summed E-state index contributed by atoms with van der Waals surface area (Å²) in [5, 5.41) is 14.2. The minimum absolute atomic E-state index is 0.0669. The Morgan fingerprint density at radius 3 is 2.34 bits per heavy atom. The first-order valence-corrected chi connectivity index (χ1v) is 11.8. The van der Waals surface area contributed by atoms with Crippen molar-refractivity contribution in [3.63, 3.8) is 0 Å². The van der Waals surface area contributed by atoms with E-state index in [1.807, 2.05) is 30.3 Å². The largest absolute Gasteiger partial charge is 0.274 e. The molecule has 10 heteroatoms. The number of imide groups is 1. The van der Waals surface area contributed by atoms with Crippen LogP contribution < -0.4 is 10.0 Å². The smallest absolute Gasteiger partial charge is 0.247 e. The molecular weight excluding hydrogens is 448 g/mol. The van der Waals surface area contributed by atoms with Crippen LogP contribution in [-0.4, -0.2) is 30.5 Å². The average molecular weight is 465 g/mol. The number of benzene rings is 2. The second-order valence-corrected chi connectivity index (χ2v) is 9.70. The molecule has 0 aliphatic carbocycles. The first-order chi connectivity index (χ1) is 15.3. The van der Waals surface area contributed by atoms with Gasteiger partial charge in [0.25, 0.3) is 0 Å². The van der Waals surface area contributed by atoms with Crippen molar-refractivity contribution in [3.8, 4) is 17.3 Å². The van der Waals surface area contributed by atoms with Gasteiger partial charge in [0.05, 0.1) is 27.1 Å². The molecular formula is C22H16N4O4S2. The van der Waals surface area contributed by atoms with E-state index in [4.69, 9.17) is 5.14 Å². The van der Waals surface area contributed by atoms with Crippen LogP contribution in [0.25, 0.3) is 11.3 Å². The summed E-state index contributed by atoms with van der Waals surface area (Å²) in [6.45, 7) is 0. The van der Waals surface area contributed by atoms with Gasteiger partial charge in [-0.1, -0.05) is 42.1 Å². The van der Waals surface area contributed by atoms with Crippen LogP contribution >= 0.6 is 11.8 Å². The molecule has 0 radical (unpaired) electrons. The third kappa shape index (κ3) is 4.27. The van der Waals surface area contributed by atoms with E-state index in [1.165, 1.54) is 24.3 Å². The summed E-state index contributed by atoms with van der Waals surface area (Å²) in [6.07, 6.45) is -0.0669. The van der Waals surface area contributed by atoms with Gasteiger partial charge < -0.3 is 0 Å². The van der Waals surface area contributed by atoms with Crippen LogP contribution in [0.15, 0.2) is 76.7 Å². The highest BCUT2D eigenvalue weighted by atomic mass is 32.2. The zero-order chi connectivity index (χ0) is 22.9. The lowest BCUT2D eigenvalue weighted by Crippen LogP contribution is -2.31. The number of pyridine rings is 1. The van der Waals surface area contributed by atoms with Crippen molar-refractivity contribution < 1.29 is 18.0 Å². The molecule has 8 nitrogen and oxygen atoms in total. The van der Waals surface area contributed by atoms with Gasteiger partial charge in [-0.2, -0.15) is 5.26 Å². The molecule has 1 atom stereocenters. The molecule has 0 saturated carbocycles. The maximum Gasteiger partial charge on any atom is 0.247 e. The SMILES string of the molecule is N#Cc1ccc(-c2ccccc2)nc1SC1CC(=O)N(c2ccc(S(N)(=O)=O)cc2)C1=O. The molecule has 1 aromatic heterocycles. The zero-order valence-corrected chi connectivity index (χ0v) is 18.1. The number of carbonyl (C=O) groups is 2. The maximum absolute atomic E-state index is 13.0. The van der Waals surface area contributed by atoms with Crippen LogP contribution in [0.1, 0.15) is 12.0 Å². The highest BCUT2D eigenvalue weighted by Crippen LogP contribution is 2.35. The van der Waals surface area contributed by atoms with Gasteiger partial charge in [0, 0.05) is 12.0 Å². The molecule has 1 aliphatic heterocycles. The Kier molecular flexibility index (Phi) is 5.80. The van der Waals surface area contributed by atoms with E-state index in [1.54, 1.807) is 12.1 Å². The molecule has 2 amide bonds. The Bertz CT molecular complexity index is 1350. The van der Waals surface area contributed by atoms with Gasteiger partial charge in [0.2, 0.25) is 21.8 Å². The van der Waals surface area contributed by atoms with E-state index in [0.717, 1.165) is 22.2 Å². The monoisotopic (exact) mass is 464 g/mol. The van der Waals surface area contributed by atoms with Crippen LogP contribution in [0.3, 0.4) is 0 Å². The van der Waals surface area contributed by atoms with Gasteiger partial charge in [0.1, 0.15) is 11.1 Å². The third-order valence-electron chi connectivity index (χ3n) is 4.83. The molecule has 2 aromatic carbocycles. The van der Waals surface area contributed by atoms with Crippen molar-refractivity contribution in [3.05, 3.63) is 72.3 Å². The summed E-state index contributed by atoms with van der Waals surface area (Å²) in [5.41, 5.74) is 2.08. The van der Waals surface area contributed by atoms with Crippen molar-refractivity contribution >= 4 is 39.3 Å². The fourth-order valence-electron chi connectivity index (χ4n) is 3.27. The van der Waals surface area contributed by atoms with Gasteiger partial charge in [-0.3, -0.25) is 9.59 Å². The molecule has 160 valence electrons. The number of nitriles is 1. The summed E-state index contributed by atoms with van der Waals surface area (Å²) < 4.78 is 22.9. The number of sulfonamides is 1. The Hall–Kier alpha value is -3.52. The molecule has 2 N–H and O–H groups in total. The van der Waals surface area contributed by atoms with Crippen molar-refractivity contribution in [1.82, 2.24) is 4.98 Å². The van der Waals surface area contributed by atoms with Gasteiger partial charge in [-0.05, 0) is 36.4 Å². The normalized spacial score (nSPS) is 16.2. The lowest BCUT2D eigenvalue weighted by Gasteiger charge is -2.15. The van der Waals surface area contributed by atoms with Crippen molar-refractivity contribution in [1.29, 1.82) is 5.26 Å². The molecule has 1 fully saturated rings. The number of rotatable bonds is 5. The fourth-order valence-corrected chi connectivity index (χ4v) is 4.88.